The molecular weight excluding hydrogens is 605 g/mol. The highest BCUT2D eigenvalue weighted by atomic mass is 35.5. The van der Waals surface area contributed by atoms with Crippen LogP contribution in [0, 0.1) is 13.8 Å². The SMILES string of the molecule is Cc1ccc(N(CC(=O)N/N=C\c2ccc(OCc3ccc(Cl)c(Cl)c3)cc2)S(=O)(=O)c2ccc(Cl)cc2)cc1C. The van der Waals surface area contributed by atoms with Crippen LogP contribution in [0.25, 0.3) is 0 Å². The quantitative estimate of drug-likeness (QED) is 0.148. The standard InChI is InChI=1S/C30H26Cl3N3O4S/c1-20-3-9-25(15-21(20)2)36(41(38,39)27-12-7-24(31)8-13-27)18-30(37)35-34-17-22-4-10-26(11-5-22)40-19-23-6-14-28(32)29(33)16-23/h3-17H,18-19H2,1-2H3,(H,35,37)/b34-17-. The lowest BCUT2D eigenvalue weighted by Gasteiger charge is -2.24. The van der Waals surface area contributed by atoms with Crippen LogP contribution in [-0.4, -0.2) is 27.1 Å². The molecule has 11 heteroatoms. The molecule has 0 aliphatic rings. The van der Waals surface area contributed by atoms with Crippen molar-refractivity contribution in [2.75, 3.05) is 10.8 Å². The Balaban J connectivity index is 1.42. The Morgan fingerprint density at radius 2 is 1.59 bits per heavy atom. The summed E-state index contributed by atoms with van der Waals surface area (Å²) in [6.07, 6.45) is 1.45. The zero-order chi connectivity index (χ0) is 29.6. The van der Waals surface area contributed by atoms with Gasteiger partial charge < -0.3 is 4.74 Å². The third kappa shape index (κ3) is 8.01. The van der Waals surface area contributed by atoms with Gasteiger partial charge in [0.05, 0.1) is 26.8 Å². The van der Waals surface area contributed by atoms with Crippen LogP contribution in [0.15, 0.2) is 94.9 Å². The Hall–Kier alpha value is -3.56. The first-order valence-corrected chi connectivity index (χ1v) is 14.9. The molecule has 0 heterocycles. The molecule has 7 nitrogen and oxygen atoms in total. The van der Waals surface area contributed by atoms with Gasteiger partial charge in [-0.3, -0.25) is 9.10 Å². The summed E-state index contributed by atoms with van der Waals surface area (Å²) in [5, 5.41) is 5.34. The van der Waals surface area contributed by atoms with Gasteiger partial charge in [0.25, 0.3) is 15.9 Å². The zero-order valence-electron chi connectivity index (χ0n) is 22.1. The van der Waals surface area contributed by atoms with Gasteiger partial charge in [-0.25, -0.2) is 13.8 Å². The van der Waals surface area contributed by atoms with Gasteiger partial charge in [-0.1, -0.05) is 46.9 Å². The molecule has 4 aromatic rings. The summed E-state index contributed by atoms with van der Waals surface area (Å²) in [5.74, 6) is 0.0206. The molecule has 0 radical (unpaired) electrons. The number of rotatable bonds is 10. The Bertz CT molecular complexity index is 1680. The summed E-state index contributed by atoms with van der Waals surface area (Å²) < 4.78 is 33.9. The van der Waals surface area contributed by atoms with E-state index in [0.29, 0.717) is 38.7 Å². The van der Waals surface area contributed by atoms with Crippen molar-refractivity contribution in [2.24, 2.45) is 5.10 Å². The van der Waals surface area contributed by atoms with E-state index in [4.69, 9.17) is 39.5 Å². The van der Waals surface area contributed by atoms with Crippen LogP contribution in [0.4, 0.5) is 5.69 Å². The lowest BCUT2D eigenvalue weighted by atomic mass is 10.1. The van der Waals surface area contributed by atoms with Crippen molar-refractivity contribution in [1.82, 2.24) is 5.43 Å². The molecule has 0 saturated heterocycles. The number of nitrogens with one attached hydrogen (secondary N) is 1. The van der Waals surface area contributed by atoms with Crippen LogP contribution in [0.1, 0.15) is 22.3 Å². The lowest BCUT2D eigenvalue weighted by Crippen LogP contribution is -2.39. The van der Waals surface area contributed by atoms with Crippen LogP contribution in [0.2, 0.25) is 15.1 Å². The second-order valence-electron chi connectivity index (χ2n) is 9.13. The summed E-state index contributed by atoms with van der Waals surface area (Å²) in [6.45, 7) is 3.63. The molecule has 0 atom stereocenters. The summed E-state index contributed by atoms with van der Waals surface area (Å²) in [7, 11) is -4.07. The number of hydrazone groups is 1. The second kappa shape index (κ2) is 13.4. The average molecular weight is 631 g/mol. The number of sulfonamides is 1. The van der Waals surface area contributed by atoms with E-state index in [-0.39, 0.29) is 4.90 Å². The number of ether oxygens (including phenoxy) is 1. The van der Waals surface area contributed by atoms with Crippen LogP contribution in [-0.2, 0) is 21.4 Å². The number of hydrogen-bond donors (Lipinski definition) is 1. The van der Waals surface area contributed by atoms with E-state index < -0.39 is 22.5 Å². The predicted molar refractivity (Wildman–Crippen MR) is 165 cm³/mol. The number of benzene rings is 4. The van der Waals surface area contributed by atoms with Gasteiger partial charge in [0, 0.05) is 5.02 Å². The Morgan fingerprint density at radius 1 is 0.878 bits per heavy atom. The fourth-order valence-corrected chi connectivity index (χ4v) is 5.58. The van der Waals surface area contributed by atoms with Crippen molar-refractivity contribution in [1.29, 1.82) is 0 Å². The summed E-state index contributed by atoms with van der Waals surface area (Å²) in [5.41, 5.74) is 6.23. The molecule has 0 aromatic heterocycles. The Morgan fingerprint density at radius 3 is 2.24 bits per heavy atom. The maximum atomic E-state index is 13.5. The maximum absolute atomic E-state index is 13.5. The first-order valence-electron chi connectivity index (χ1n) is 12.4. The number of amides is 1. The first kappa shape index (κ1) is 30.4. The molecule has 0 saturated carbocycles. The smallest absolute Gasteiger partial charge is 0.264 e. The third-order valence-corrected chi connectivity index (χ3v) is 8.92. The van der Waals surface area contributed by atoms with Gasteiger partial charge in [0.15, 0.2) is 0 Å². The largest absolute Gasteiger partial charge is 0.489 e. The van der Waals surface area contributed by atoms with E-state index in [2.05, 4.69) is 10.5 Å². The fourth-order valence-electron chi connectivity index (χ4n) is 3.72. The lowest BCUT2D eigenvalue weighted by molar-refractivity contribution is -0.119. The first-order chi connectivity index (χ1) is 19.5. The number of carbonyl (C=O) groups is 1. The monoisotopic (exact) mass is 629 g/mol. The van der Waals surface area contributed by atoms with Crippen LogP contribution in [0.5, 0.6) is 5.75 Å². The molecule has 41 heavy (non-hydrogen) atoms. The molecule has 0 aliphatic carbocycles. The van der Waals surface area contributed by atoms with Crippen LogP contribution in [0.3, 0.4) is 0 Å². The number of carbonyl (C=O) groups excluding carboxylic acids is 1. The van der Waals surface area contributed by atoms with E-state index in [1.54, 1.807) is 48.5 Å². The minimum absolute atomic E-state index is 0.0119. The Labute approximate surface area is 254 Å². The van der Waals surface area contributed by atoms with Gasteiger partial charge in [-0.2, -0.15) is 5.10 Å². The molecule has 0 bridgehead atoms. The molecule has 1 N–H and O–H groups in total. The highest BCUT2D eigenvalue weighted by molar-refractivity contribution is 7.92. The molecule has 0 spiro atoms. The summed E-state index contributed by atoms with van der Waals surface area (Å²) in [6, 6.07) is 23.3. The van der Waals surface area contributed by atoms with Crippen molar-refractivity contribution in [3.8, 4) is 5.75 Å². The van der Waals surface area contributed by atoms with Gasteiger partial charge in [0.1, 0.15) is 18.9 Å². The molecule has 0 unspecified atom stereocenters. The van der Waals surface area contributed by atoms with Crippen LogP contribution < -0.4 is 14.5 Å². The van der Waals surface area contributed by atoms with Gasteiger partial charge in [-0.15, -0.1) is 0 Å². The molecule has 0 aliphatic heterocycles. The zero-order valence-corrected chi connectivity index (χ0v) is 25.2. The number of aryl methyl sites for hydroxylation is 2. The van der Waals surface area contributed by atoms with Crippen molar-refractivity contribution in [3.05, 3.63) is 122 Å². The van der Waals surface area contributed by atoms with E-state index >= 15 is 0 Å². The molecule has 4 rings (SSSR count). The van der Waals surface area contributed by atoms with Gasteiger partial charge in [0.2, 0.25) is 0 Å². The second-order valence-corrected chi connectivity index (χ2v) is 12.2. The number of halogens is 3. The molecule has 4 aromatic carbocycles. The summed E-state index contributed by atoms with van der Waals surface area (Å²) in [4.78, 5) is 12.8. The van der Waals surface area contributed by atoms with Gasteiger partial charge >= 0.3 is 0 Å². The minimum atomic E-state index is -4.07. The number of nitrogens with zero attached hydrogens (tertiary/aromatic N) is 2. The van der Waals surface area contributed by atoms with Crippen molar-refractivity contribution < 1.29 is 17.9 Å². The third-order valence-electron chi connectivity index (χ3n) is 6.14. The van der Waals surface area contributed by atoms with Crippen molar-refractivity contribution in [2.45, 2.75) is 25.3 Å². The van der Waals surface area contributed by atoms with Gasteiger partial charge in [-0.05, 0) is 109 Å². The number of hydrogen-bond acceptors (Lipinski definition) is 5. The average Bonchev–Trinajstić information content (AvgIpc) is 2.95. The van der Waals surface area contributed by atoms with E-state index in [1.165, 1.54) is 30.5 Å². The minimum Gasteiger partial charge on any atom is -0.489 e. The van der Waals surface area contributed by atoms with E-state index in [0.717, 1.165) is 21.0 Å². The highest BCUT2D eigenvalue weighted by Gasteiger charge is 2.27. The molecule has 212 valence electrons. The van der Waals surface area contributed by atoms with Crippen LogP contribution >= 0.6 is 34.8 Å². The molecule has 0 fully saturated rings. The molecular formula is C30H26Cl3N3O4S. The molecule has 1 amide bonds. The normalized spacial score (nSPS) is 11.4. The predicted octanol–water partition coefficient (Wildman–Crippen LogP) is 7.19. The summed E-state index contributed by atoms with van der Waals surface area (Å²) >= 11 is 17.9. The maximum Gasteiger partial charge on any atom is 0.264 e. The topological polar surface area (TPSA) is 88.1 Å². The van der Waals surface area contributed by atoms with E-state index in [1.807, 2.05) is 26.0 Å². The number of anilines is 1. The van der Waals surface area contributed by atoms with E-state index in [9.17, 15) is 13.2 Å². The fraction of sp³-hybridized carbons (Fsp3) is 0.133. The highest BCUT2D eigenvalue weighted by Crippen LogP contribution is 2.27. The van der Waals surface area contributed by atoms with Crippen molar-refractivity contribution in [3.63, 3.8) is 0 Å². The van der Waals surface area contributed by atoms with Crippen molar-refractivity contribution >= 4 is 62.6 Å². The Kier molecular flexibility index (Phi) is 9.94.